The molecule has 0 saturated heterocycles. The molecule has 24 heavy (non-hydrogen) atoms. The average Bonchev–Trinajstić information content (AvgIpc) is 3.10. The van der Waals surface area contributed by atoms with Crippen molar-refractivity contribution in [1.82, 2.24) is 25.3 Å². The zero-order chi connectivity index (χ0) is 16.8. The lowest BCUT2D eigenvalue weighted by atomic mass is 10.3. The van der Waals surface area contributed by atoms with Crippen LogP contribution in [-0.2, 0) is 6.54 Å². The molecule has 3 rings (SSSR count). The number of nitrogens with zero attached hydrogens (tertiary/aromatic N) is 4. The molecule has 0 radical (unpaired) electrons. The fraction of sp³-hybridized carbons (Fsp3) is 0.125. The molecule has 0 saturated carbocycles. The van der Waals surface area contributed by atoms with Crippen molar-refractivity contribution in [2.45, 2.75) is 6.54 Å². The highest BCUT2D eigenvalue weighted by Gasteiger charge is 2.06. The van der Waals surface area contributed by atoms with Gasteiger partial charge >= 0.3 is 6.03 Å². The first-order chi connectivity index (χ1) is 11.7. The topological polar surface area (TPSA) is 94.0 Å². The van der Waals surface area contributed by atoms with Crippen molar-refractivity contribution in [3.05, 3.63) is 60.7 Å². The molecular weight excluding hydrogens is 308 g/mol. The molecule has 2 amide bonds. The maximum absolute atomic E-state index is 11.9. The van der Waals surface area contributed by atoms with Crippen molar-refractivity contribution in [2.24, 2.45) is 0 Å². The summed E-state index contributed by atoms with van der Waals surface area (Å²) >= 11 is 0. The standard InChI is InChI=1S/C16H16N6O2/c1-24-15-6-4-12(5-7-15)19-16(23)18-9-13-11-22(21-20-13)14-3-2-8-17-10-14/h2-8,10-11H,9H2,1H3,(H2,18,19,23). The smallest absolute Gasteiger partial charge is 0.319 e. The third kappa shape index (κ3) is 3.86. The van der Waals surface area contributed by atoms with Gasteiger partial charge in [-0.05, 0) is 36.4 Å². The monoisotopic (exact) mass is 324 g/mol. The first kappa shape index (κ1) is 15.5. The van der Waals surface area contributed by atoms with E-state index in [1.165, 1.54) is 0 Å². The minimum Gasteiger partial charge on any atom is -0.497 e. The van der Waals surface area contributed by atoms with Crippen LogP contribution in [0.3, 0.4) is 0 Å². The minimum absolute atomic E-state index is 0.266. The van der Waals surface area contributed by atoms with Crippen LogP contribution in [0, 0.1) is 0 Å². The second kappa shape index (κ2) is 7.23. The van der Waals surface area contributed by atoms with Crippen LogP contribution in [0.25, 0.3) is 5.69 Å². The number of urea groups is 1. The van der Waals surface area contributed by atoms with Gasteiger partial charge in [0.1, 0.15) is 11.4 Å². The lowest BCUT2D eigenvalue weighted by molar-refractivity contribution is 0.251. The number of carbonyl (C=O) groups is 1. The number of anilines is 1. The molecule has 122 valence electrons. The molecule has 0 bridgehead atoms. The van der Waals surface area contributed by atoms with Crippen molar-refractivity contribution in [2.75, 3.05) is 12.4 Å². The number of ether oxygens (including phenoxy) is 1. The van der Waals surface area contributed by atoms with Gasteiger partial charge in [-0.2, -0.15) is 0 Å². The molecule has 2 heterocycles. The number of rotatable bonds is 5. The molecule has 0 unspecified atom stereocenters. The summed E-state index contributed by atoms with van der Waals surface area (Å²) in [4.78, 5) is 15.9. The quantitative estimate of drug-likeness (QED) is 0.748. The van der Waals surface area contributed by atoms with E-state index >= 15 is 0 Å². The van der Waals surface area contributed by atoms with Crippen LogP contribution in [0.5, 0.6) is 5.75 Å². The van der Waals surface area contributed by atoms with Crippen LogP contribution < -0.4 is 15.4 Å². The van der Waals surface area contributed by atoms with Crippen LogP contribution in [0.1, 0.15) is 5.69 Å². The molecule has 8 heteroatoms. The zero-order valence-electron chi connectivity index (χ0n) is 13.0. The van der Waals surface area contributed by atoms with Crippen LogP contribution in [0.4, 0.5) is 10.5 Å². The molecule has 0 atom stereocenters. The Balaban J connectivity index is 1.53. The molecule has 0 aliphatic rings. The third-order valence-electron chi connectivity index (χ3n) is 3.23. The van der Waals surface area contributed by atoms with Gasteiger partial charge in [-0.3, -0.25) is 4.98 Å². The van der Waals surface area contributed by atoms with Gasteiger partial charge in [-0.25, -0.2) is 9.48 Å². The van der Waals surface area contributed by atoms with Gasteiger partial charge in [0.05, 0.1) is 31.7 Å². The second-order valence-corrected chi connectivity index (χ2v) is 4.90. The highest BCUT2D eigenvalue weighted by atomic mass is 16.5. The molecule has 8 nitrogen and oxygen atoms in total. The lowest BCUT2D eigenvalue weighted by Crippen LogP contribution is -2.28. The van der Waals surface area contributed by atoms with Gasteiger partial charge in [-0.15, -0.1) is 5.10 Å². The number of aromatic nitrogens is 4. The maximum atomic E-state index is 11.9. The molecule has 0 spiro atoms. The Kier molecular flexibility index (Phi) is 4.66. The van der Waals surface area contributed by atoms with E-state index in [1.807, 2.05) is 12.1 Å². The first-order valence-corrected chi connectivity index (χ1v) is 7.25. The van der Waals surface area contributed by atoms with Gasteiger partial charge in [0.25, 0.3) is 0 Å². The van der Waals surface area contributed by atoms with Crippen LogP contribution >= 0.6 is 0 Å². The Morgan fingerprint density at radius 1 is 1.25 bits per heavy atom. The van der Waals surface area contributed by atoms with E-state index in [4.69, 9.17) is 4.74 Å². The van der Waals surface area contributed by atoms with E-state index in [2.05, 4.69) is 25.9 Å². The number of hydrogen-bond acceptors (Lipinski definition) is 5. The van der Waals surface area contributed by atoms with Crippen molar-refractivity contribution in [1.29, 1.82) is 0 Å². The van der Waals surface area contributed by atoms with Gasteiger partial charge in [0.2, 0.25) is 0 Å². The number of methoxy groups -OCH3 is 1. The molecule has 3 aromatic rings. The number of hydrogen-bond donors (Lipinski definition) is 2. The zero-order valence-corrected chi connectivity index (χ0v) is 13.0. The second-order valence-electron chi connectivity index (χ2n) is 4.90. The van der Waals surface area contributed by atoms with Crippen LogP contribution in [-0.4, -0.2) is 33.1 Å². The number of carbonyl (C=O) groups excluding carboxylic acids is 1. The Morgan fingerprint density at radius 3 is 2.79 bits per heavy atom. The Bertz CT molecular complexity index is 801. The van der Waals surface area contributed by atoms with Crippen LogP contribution in [0.15, 0.2) is 55.0 Å². The van der Waals surface area contributed by atoms with Gasteiger partial charge in [-0.1, -0.05) is 5.21 Å². The maximum Gasteiger partial charge on any atom is 0.319 e. The Morgan fingerprint density at radius 2 is 2.08 bits per heavy atom. The fourth-order valence-corrected chi connectivity index (χ4v) is 2.02. The third-order valence-corrected chi connectivity index (χ3v) is 3.23. The first-order valence-electron chi connectivity index (χ1n) is 7.25. The van der Waals surface area contributed by atoms with Gasteiger partial charge in [0, 0.05) is 11.9 Å². The summed E-state index contributed by atoms with van der Waals surface area (Å²) in [5, 5.41) is 13.5. The predicted molar refractivity (Wildman–Crippen MR) is 88.0 cm³/mol. The van der Waals surface area contributed by atoms with E-state index in [0.717, 1.165) is 11.4 Å². The molecule has 2 N–H and O–H groups in total. The van der Waals surface area contributed by atoms with E-state index in [9.17, 15) is 4.79 Å². The molecule has 0 aliphatic carbocycles. The average molecular weight is 324 g/mol. The highest BCUT2D eigenvalue weighted by molar-refractivity contribution is 5.89. The number of amides is 2. The molecule has 0 fully saturated rings. The van der Waals surface area contributed by atoms with Crippen LogP contribution in [0.2, 0.25) is 0 Å². The van der Waals surface area contributed by atoms with E-state index in [1.54, 1.807) is 54.6 Å². The number of nitrogens with one attached hydrogen (secondary N) is 2. The van der Waals surface area contributed by atoms with Gasteiger partial charge < -0.3 is 15.4 Å². The SMILES string of the molecule is COc1ccc(NC(=O)NCc2cn(-c3cccnc3)nn2)cc1. The van der Waals surface area contributed by atoms with Crippen molar-refractivity contribution < 1.29 is 9.53 Å². The summed E-state index contributed by atoms with van der Waals surface area (Å²) in [6.45, 7) is 0.266. The van der Waals surface area contributed by atoms with E-state index < -0.39 is 0 Å². The van der Waals surface area contributed by atoms with Crippen molar-refractivity contribution >= 4 is 11.7 Å². The van der Waals surface area contributed by atoms with Gasteiger partial charge in [0.15, 0.2) is 0 Å². The summed E-state index contributed by atoms with van der Waals surface area (Å²) in [6.07, 6.45) is 5.11. The van der Waals surface area contributed by atoms with Crippen molar-refractivity contribution in [3.63, 3.8) is 0 Å². The molecule has 2 aromatic heterocycles. The predicted octanol–water partition coefficient (Wildman–Crippen LogP) is 1.99. The number of benzene rings is 1. The normalized spacial score (nSPS) is 10.2. The summed E-state index contributed by atoms with van der Waals surface area (Å²) in [6, 6.07) is 10.4. The highest BCUT2D eigenvalue weighted by Crippen LogP contribution is 2.14. The fourth-order valence-electron chi connectivity index (χ4n) is 2.02. The van der Waals surface area contributed by atoms with Crippen molar-refractivity contribution in [3.8, 4) is 11.4 Å². The number of pyridine rings is 1. The Labute approximate surface area is 138 Å². The molecule has 0 aliphatic heterocycles. The molecule has 1 aromatic carbocycles. The van der Waals surface area contributed by atoms with E-state index in [0.29, 0.717) is 11.4 Å². The lowest BCUT2D eigenvalue weighted by Gasteiger charge is -2.07. The largest absolute Gasteiger partial charge is 0.497 e. The molecular formula is C16H16N6O2. The Hall–Kier alpha value is -3.42. The van der Waals surface area contributed by atoms with E-state index in [-0.39, 0.29) is 12.6 Å². The summed E-state index contributed by atoms with van der Waals surface area (Å²) in [7, 11) is 1.59. The summed E-state index contributed by atoms with van der Waals surface area (Å²) in [5.74, 6) is 0.730. The summed E-state index contributed by atoms with van der Waals surface area (Å²) < 4.78 is 6.67. The summed E-state index contributed by atoms with van der Waals surface area (Å²) in [5.41, 5.74) is 2.12. The minimum atomic E-state index is -0.323.